The average Bonchev–Trinajstić information content (AvgIpc) is 3.19. The molecule has 0 N–H and O–H groups in total. The molecule has 3 aromatic rings. The van der Waals surface area contributed by atoms with E-state index in [4.69, 9.17) is 16.3 Å². The van der Waals surface area contributed by atoms with Crippen molar-refractivity contribution in [3.8, 4) is 5.69 Å². The van der Waals surface area contributed by atoms with Crippen LogP contribution < -0.4 is 0 Å². The second-order valence-electron chi connectivity index (χ2n) is 6.33. The molecule has 4 rings (SSSR count). The molecule has 1 unspecified atom stereocenters. The zero-order valence-corrected chi connectivity index (χ0v) is 15.6. The largest absolute Gasteiger partial charge is 0.379 e. The van der Waals surface area contributed by atoms with Crippen LogP contribution in [0.25, 0.3) is 5.69 Å². The van der Waals surface area contributed by atoms with Gasteiger partial charge in [-0.3, -0.25) is 15.0 Å². The van der Waals surface area contributed by atoms with Gasteiger partial charge in [0.2, 0.25) is 0 Å². The average molecular weight is 401 g/mol. The Morgan fingerprint density at radius 1 is 1.14 bits per heavy atom. The first kappa shape index (κ1) is 18.5. The van der Waals surface area contributed by atoms with Crippen LogP contribution in [-0.2, 0) is 4.74 Å². The lowest BCUT2D eigenvalue weighted by Gasteiger charge is -2.33. The Kier molecular flexibility index (Phi) is 5.29. The van der Waals surface area contributed by atoms with Crippen molar-refractivity contribution in [2.75, 3.05) is 26.3 Å². The topological polar surface area (TPSA) is 99.2 Å². The monoisotopic (exact) mass is 400 g/mol. The number of aromatic nitrogens is 4. The minimum absolute atomic E-state index is 0.0407. The van der Waals surface area contributed by atoms with Crippen LogP contribution in [-0.4, -0.2) is 56.3 Å². The van der Waals surface area contributed by atoms with Crippen molar-refractivity contribution in [1.82, 2.24) is 25.1 Å². The number of rotatable bonds is 5. The number of hydrogen-bond acceptors (Lipinski definition) is 7. The van der Waals surface area contributed by atoms with Gasteiger partial charge in [0.25, 0.3) is 5.69 Å². The minimum atomic E-state index is -0.413. The van der Waals surface area contributed by atoms with Crippen LogP contribution >= 0.6 is 11.6 Å². The fraction of sp³-hybridized carbons (Fsp3) is 0.278. The molecule has 0 amide bonds. The minimum Gasteiger partial charge on any atom is -0.379 e. The number of benzene rings is 2. The Morgan fingerprint density at radius 3 is 2.57 bits per heavy atom. The van der Waals surface area contributed by atoms with Gasteiger partial charge < -0.3 is 4.74 Å². The van der Waals surface area contributed by atoms with Gasteiger partial charge in [-0.15, -0.1) is 5.10 Å². The van der Waals surface area contributed by atoms with Crippen LogP contribution in [0.4, 0.5) is 5.69 Å². The van der Waals surface area contributed by atoms with E-state index in [2.05, 4.69) is 20.4 Å². The van der Waals surface area contributed by atoms with Crippen LogP contribution in [0.5, 0.6) is 0 Å². The summed E-state index contributed by atoms with van der Waals surface area (Å²) >= 11 is 6.13. The summed E-state index contributed by atoms with van der Waals surface area (Å²) in [6.45, 7) is 2.60. The predicted octanol–water partition coefficient (Wildman–Crippen LogP) is 2.65. The van der Waals surface area contributed by atoms with E-state index >= 15 is 0 Å². The van der Waals surface area contributed by atoms with E-state index < -0.39 is 4.92 Å². The van der Waals surface area contributed by atoms with Crippen molar-refractivity contribution in [1.29, 1.82) is 0 Å². The Balaban J connectivity index is 1.78. The highest BCUT2D eigenvalue weighted by Crippen LogP contribution is 2.30. The summed E-state index contributed by atoms with van der Waals surface area (Å²) in [4.78, 5) is 12.8. The van der Waals surface area contributed by atoms with Gasteiger partial charge in [-0.2, -0.15) is 4.68 Å². The first-order chi connectivity index (χ1) is 13.6. The molecule has 2 aromatic carbocycles. The molecular weight excluding hydrogens is 384 g/mol. The third-order valence-corrected chi connectivity index (χ3v) is 4.86. The van der Waals surface area contributed by atoms with E-state index in [0.717, 1.165) is 11.3 Å². The Bertz CT molecular complexity index is 971. The molecule has 0 radical (unpaired) electrons. The maximum Gasteiger partial charge on any atom is 0.269 e. The maximum atomic E-state index is 11.0. The van der Waals surface area contributed by atoms with E-state index in [1.54, 1.807) is 28.9 Å². The first-order valence-electron chi connectivity index (χ1n) is 8.74. The van der Waals surface area contributed by atoms with Crippen molar-refractivity contribution < 1.29 is 9.66 Å². The second-order valence-corrected chi connectivity index (χ2v) is 6.76. The fourth-order valence-electron chi connectivity index (χ4n) is 3.29. The van der Waals surface area contributed by atoms with Gasteiger partial charge in [-0.25, -0.2) is 0 Å². The Morgan fingerprint density at radius 2 is 1.89 bits per heavy atom. The summed E-state index contributed by atoms with van der Waals surface area (Å²) in [7, 11) is 0. The molecule has 28 heavy (non-hydrogen) atoms. The highest BCUT2D eigenvalue weighted by molar-refractivity contribution is 6.30. The van der Waals surface area contributed by atoms with E-state index in [1.807, 2.05) is 12.1 Å². The summed E-state index contributed by atoms with van der Waals surface area (Å²) in [5, 5.41) is 23.9. The van der Waals surface area contributed by atoms with Crippen LogP contribution in [0.2, 0.25) is 5.02 Å². The van der Waals surface area contributed by atoms with Crippen LogP contribution in [0.15, 0.2) is 48.5 Å². The highest BCUT2D eigenvalue weighted by atomic mass is 35.5. The standard InChI is InChI=1S/C18H17ClN6O3/c19-14-2-1-3-16(12-14)24-18(20-21-22-24)17(23-8-10-28-11-9-23)13-4-6-15(7-5-13)25(26)27/h1-7,12,17H,8-11H2. The van der Waals surface area contributed by atoms with Crippen molar-refractivity contribution >= 4 is 17.3 Å². The summed E-state index contributed by atoms with van der Waals surface area (Å²) in [6.07, 6.45) is 0. The molecule has 1 aliphatic rings. The third kappa shape index (κ3) is 3.72. The molecule has 9 nitrogen and oxygen atoms in total. The van der Waals surface area contributed by atoms with Crippen LogP contribution in [0, 0.1) is 10.1 Å². The van der Waals surface area contributed by atoms with Crippen LogP contribution in [0.3, 0.4) is 0 Å². The Hall–Kier alpha value is -2.88. The zero-order chi connectivity index (χ0) is 19.5. The van der Waals surface area contributed by atoms with Crippen molar-refractivity contribution in [3.05, 3.63) is 75.1 Å². The van der Waals surface area contributed by atoms with Gasteiger partial charge in [0.1, 0.15) is 0 Å². The van der Waals surface area contributed by atoms with Crippen molar-refractivity contribution in [2.45, 2.75) is 6.04 Å². The Labute approximate surface area is 165 Å². The molecule has 1 aromatic heterocycles. The summed E-state index contributed by atoms with van der Waals surface area (Å²) in [5.41, 5.74) is 1.65. The molecule has 1 atom stereocenters. The number of morpholine rings is 1. The molecular formula is C18H17ClN6O3. The number of hydrogen-bond donors (Lipinski definition) is 0. The van der Waals surface area contributed by atoms with Gasteiger partial charge >= 0.3 is 0 Å². The number of nitro groups is 1. The summed E-state index contributed by atoms with van der Waals surface area (Å²) in [5.74, 6) is 0.609. The lowest BCUT2D eigenvalue weighted by Crippen LogP contribution is -2.40. The molecule has 1 saturated heterocycles. The van der Waals surface area contributed by atoms with Crippen LogP contribution in [0.1, 0.15) is 17.4 Å². The highest BCUT2D eigenvalue weighted by Gasteiger charge is 2.30. The number of tetrazole rings is 1. The number of non-ortho nitro benzene ring substituents is 1. The maximum absolute atomic E-state index is 11.0. The summed E-state index contributed by atoms with van der Waals surface area (Å²) < 4.78 is 7.12. The molecule has 0 aliphatic carbocycles. The van der Waals surface area contributed by atoms with E-state index in [9.17, 15) is 10.1 Å². The molecule has 1 fully saturated rings. The fourth-order valence-corrected chi connectivity index (χ4v) is 3.48. The zero-order valence-electron chi connectivity index (χ0n) is 14.8. The number of halogens is 1. The van der Waals surface area contributed by atoms with E-state index in [0.29, 0.717) is 37.2 Å². The van der Waals surface area contributed by atoms with Gasteiger partial charge in [-0.1, -0.05) is 29.8 Å². The first-order valence-corrected chi connectivity index (χ1v) is 9.11. The molecule has 0 saturated carbocycles. The third-order valence-electron chi connectivity index (χ3n) is 4.62. The molecule has 144 valence electrons. The van der Waals surface area contributed by atoms with Crippen molar-refractivity contribution in [2.24, 2.45) is 0 Å². The molecule has 2 heterocycles. The van der Waals surface area contributed by atoms with Gasteiger partial charge in [0.05, 0.1) is 29.9 Å². The predicted molar refractivity (Wildman–Crippen MR) is 101 cm³/mol. The van der Waals surface area contributed by atoms with E-state index in [-0.39, 0.29) is 11.7 Å². The van der Waals surface area contributed by atoms with Crippen molar-refractivity contribution in [3.63, 3.8) is 0 Å². The summed E-state index contributed by atoms with van der Waals surface area (Å²) in [6, 6.07) is 13.5. The lowest BCUT2D eigenvalue weighted by molar-refractivity contribution is -0.384. The van der Waals surface area contributed by atoms with Gasteiger partial charge in [0.15, 0.2) is 5.82 Å². The molecule has 10 heteroatoms. The normalized spacial score (nSPS) is 16.0. The SMILES string of the molecule is O=[N+]([O-])c1ccc(C(c2nnnn2-c2cccc(Cl)c2)N2CCOCC2)cc1. The number of nitrogens with zero attached hydrogens (tertiary/aromatic N) is 6. The number of ether oxygens (including phenoxy) is 1. The lowest BCUT2D eigenvalue weighted by atomic mass is 10.0. The second kappa shape index (κ2) is 8.01. The molecule has 1 aliphatic heterocycles. The van der Waals surface area contributed by atoms with E-state index in [1.165, 1.54) is 12.1 Å². The molecule has 0 spiro atoms. The van der Waals surface area contributed by atoms with Gasteiger partial charge in [0, 0.05) is 30.2 Å². The smallest absolute Gasteiger partial charge is 0.269 e. The van der Waals surface area contributed by atoms with Gasteiger partial charge in [-0.05, 0) is 34.2 Å². The quantitative estimate of drug-likeness (QED) is 0.479. The number of nitro benzene ring substituents is 1. The molecule has 0 bridgehead atoms.